The predicted molar refractivity (Wildman–Crippen MR) is 132 cm³/mol. The molecule has 1 aliphatic carbocycles. The van der Waals surface area contributed by atoms with Crippen molar-refractivity contribution >= 4 is 11.8 Å². The summed E-state index contributed by atoms with van der Waals surface area (Å²) in [5.41, 5.74) is 3.30. The summed E-state index contributed by atoms with van der Waals surface area (Å²) in [4.78, 5) is 28.3. The van der Waals surface area contributed by atoms with Gasteiger partial charge in [-0.05, 0) is 56.7 Å². The van der Waals surface area contributed by atoms with E-state index in [1.54, 1.807) is 4.90 Å². The normalized spacial score (nSPS) is 15.0. The topological polar surface area (TPSA) is 58.6 Å². The first-order chi connectivity index (χ1) is 16.0. The van der Waals surface area contributed by atoms with Crippen molar-refractivity contribution in [1.82, 2.24) is 10.2 Å². The zero-order valence-corrected chi connectivity index (χ0v) is 20.3. The first-order valence-electron chi connectivity index (χ1n) is 12.3. The highest BCUT2D eigenvalue weighted by Crippen LogP contribution is 2.20. The number of carbonyl (C=O) groups excluding carboxylic acids is 2. The van der Waals surface area contributed by atoms with Crippen LogP contribution in [0.1, 0.15) is 62.1 Å². The molecule has 5 nitrogen and oxygen atoms in total. The summed E-state index contributed by atoms with van der Waals surface area (Å²) in [6.45, 7) is 6.39. The third-order valence-corrected chi connectivity index (χ3v) is 6.50. The molecule has 0 radical (unpaired) electrons. The van der Waals surface area contributed by atoms with Gasteiger partial charge in [-0.2, -0.15) is 0 Å². The molecular weight excluding hydrogens is 412 g/mol. The van der Waals surface area contributed by atoms with Gasteiger partial charge < -0.3 is 15.0 Å². The van der Waals surface area contributed by atoms with Gasteiger partial charge in [-0.3, -0.25) is 9.59 Å². The van der Waals surface area contributed by atoms with E-state index in [9.17, 15) is 9.59 Å². The van der Waals surface area contributed by atoms with E-state index in [1.165, 1.54) is 6.42 Å². The van der Waals surface area contributed by atoms with Gasteiger partial charge in [0.2, 0.25) is 5.91 Å². The summed E-state index contributed by atoms with van der Waals surface area (Å²) in [5.74, 6) is 0.505. The molecule has 1 fully saturated rings. The van der Waals surface area contributed by atoms with Gasteiger partial charge in [-0.25, -0.2) is 0 Å². The molecule has 2 amide bonds. The Labute approximate surface area is 198 Å². The number of benzene rings is 2. The fraction of sp³-hybridized carbons (Fsp3) is 0.500. The van der Waals surface area contributed by atoms with Crippen molar-refractivity contribution in [2.24, 2.45) is 0 Å². The molecule has 0 aliphatic heterocycles. The molecule has 0 saturated heterocycles. The molecule has 1 N–H and O–H groups in total. The predicted octanol–water partition coefficient (Wildman–Crippen LogP) is 4.98. The molecule has 33 heavy (non-hydrogen) atoms. The molecule has 0 aromatic heterocycles. The SMILES string of the molecule is CCC(C(=O)NC1CCCCC1)N(CCc1ccccc1)C(=O)COc1ccc(C)cc1C. The molecule has 0 spiro atoms. The number of carbonyl (C=O) groups is 2. The first-order valence-corrected chi connectivity index (χ1v) is 12.3. The number of nitrogens with zero attached hydrogens (tertiary/aromatic N) is 1. The van der Waals surface area contributed by atoms with Crippen LogP contribution in [0, 0.1) is 13.8 Å². The van der Waals surface area contributed by atoms with Crippen molar-refractivity contribution in [3.05, 3.63) is 65.2 Å². The largest absolute Gasteiger partial charge is 0.483 e. The zero-order valence-electron chi connectivity index (χ0n) is 20.3. The van der Waals surface area contributed by atoms with Crippen LogP contribution in [0.15, 0.2) is 48.5 Å². The van der Waals surface area contributed by atoms with Gasteiger partial charge in [0.25, 0.3) is 5.91 Å². The van der Waals surface area contributed by atoms with E-state index < -0.39 is 6.04 Å². The van der Waals surface area contributed by atoms with E-state index in [1.807, 2.05) is 57.2 Å². The maximum Gasteiger partial charge on any atom is 0.261 e. The number of rotatable bonds is 10. The van der Waals surface area contributed by atoms with E-state index in [0.29, 0.717) is 25.1 Å². The summed E-state index contributed by atoms with van der Waals surface area (Å²) < 4.78 is 5.89. The molecule has 0 bridgehead atoms. The van der Waals surface area contributed by atoms with E-state index in [4.69, 9.17) is 4.74 Å². The van der Waals surface area contributed by atoms with E-state index in [0.717, 1.165) is 42.4 Å². The van der Waals surface area contributed by atoms with Crippen molar-refractivity contribution in [2.45, 2.75) is 77.8 Å². The maximum atomic E-state index is 13.3. The van der Waals surface area contributed by atoms with E-state index in [2.05, 4.69) is 17.4 Å². The number of amides is 2. The summed E-state index contributed by atoms with van der Waals surface area (Å²) in [5, 5.41) is 3.22. The highest BCUT2D eigenvalue weighted by Gasteiger charge is 2.30. The Morgan fingerprint density at radius 1 is 1.06 bits per heavy atom. The Morgan fingerprint density at radius 3 is 2.45 bits per heavy atom. The van der Waals surface area contributed by atoms with Gasteiger partial charge in [0, 0.05) is 12.6 Å². The van der Waals surface area contributed by atoms with Crippen LogP contribution in [0.5, 0.6) is 5.75 Å². The van der Waals surface area contributed by atoms with Gasteiger partial charge in [-0.15, -0.1) is 0 Å². The number of hydrogen-bond donors (Lipinski definition) is 1. The number of ether oxygens (including phenoxy) is 1. The molecule has 178 valence electrons. The lowest BCUT2D eigenvalue weighted by Crippen LogP contribution is -2.53. The molecule has 1 saturated carbocycles. The highest BCUT2D eigenvalue weighted by atomic mass is 16.5. The summed E-state index contributed by atoms with van der Waals surface area (Å²) in [6, 6.07) is 15.7. The Balaban J connectivity index is 1.71. The first kappa shape index (κ1) is 24.8. The lowest BCUT2D eigenvalue weighted by molar-refractivity contribution is -0.142. The number of hydrogen-bond acceptors (Lipinski definition) is 3. The third kappa shape index (κ3) is 7.34. The van der Waals surface area contributed by atoms with Crippen LogP contribution >= 0.6 is 0 Å². The van der Waals surface area contributed by atoms with Crippen LogP contribution in [0.3, 0.4) is 0 Å². The van der Waals surface area contributed by atoms with Gasteiger partial charge in [0.1, 0.15) is 11.8 Å². The summed E-state index contributed by atoms with van der Waals surface area (Å²) in [6.07, 6.45) is 6.86. The Hall–Kier alpha value is -2.82. The second-order valence-corrected chi connectivity index (χ2v) is 9.15. The van der Waals surface area contributed by atoms with Crippen molar-refractivity contribution < 1.29 is 14.3 Å². The summed E-state index contributed by atoms with van der Waals surface area (Å²) >= 11 is 0. The molecular formula is C28H38N2O3. The van der Waals surface area contributed by atoms with Gasteiger partial charge in [0.15, 0.2) is 6.61 Å². The minimum absolute atomic E-state index is 0.0441. The lowest BCUT2D eigenvalue weighted by Gasteiger charge is -2.32. The Bertz CT molecular complexity index is 907. The van der Waals surface area contributed by atoms with Crippen molar-refractivity contribution in [2.75, 3.05) is 13.2 Å². The Kier molecular flexibility index (Phi) is 9.35. The smallest absolute Gasteiger partial charge is 0.261 e. The molecule has 2 aromatic carbocycles. The number of nitrogens with one attached hydrogen (secondary N) is 1. The average molecular weight is 451 g/mol. The van der Waals surface area contributed by atoms with Crippen LogP contribution in [-0.2, 0) is 16.0 Å². The fourth-order valence-electron chi connectivity index (χ4n) is 4.62. The van der Waals surface area contributed by atoms with Crippen LogP contribution in [0.25, 0.3) is 0 Å². The molecule has 2 aromatic rings. The van der Waals surface area contributed by atoms with Gasteiger partial charge in [0.05, 0.1) is 0 Å². The monoisotopic (exact) mass is 450 g/mol. The molecule has 1 atom stereocenters. The average Bonchev–Trinajstić information content (AvgIpc) is 2.82. The van der Waals surface area contributed by atoms with Gasteiger partial charge >= 0.3 is 0 Å². The molecule has 1 aliphatic rings. The molecule has 0 heterocycles. The molecule has 3 rings (SSSR count). The van der Waals surface area contributed by atoms with Crippen molar-refractivity contribution in [3.63, 3.8) is 0 Å². The quantitative estimate of drug-likeness (QED) is 0.555. The van der Waals surface area contributed by atoms with E-state index >= 15 is 0 Å². The van der Waals surface area contributed by atoms with Crippen LogP contribution < -0.4 is 10.1 Å². The highest BCUT2D eigenvalue weighted by molar-refractivity contribution is 5.88. The Morgan fingerprint density at radius 2 is 1.79 bits per heavy atom. The maximum absolute atomic E-state index is 13.3. The lowest BCUT2D eigenvalue weighted by atomic mass is 9.95. The van der Waals surface area contributed by atoms with Crippen LogP contribution in [-0.4, -0.2) is 41.9 Å². The zero-order chi connectivity index (χ0) is 23.6. The van der Waals surface area contributed by atoms with Crippen LogP contribution in [0.2, 0.25) is 0 Å². The number of aryl methyl sites for hydroxylation is 2. The van der Waals surface area contributed by atoms with Crippen molar-refractivity contribution in [1.29, 1.82) is 0 Å². The fourth-order valence-corrected chi connectivity index (χ4v) is 4.62. The second kappa shape index (κ2) is 12.4. The molecule has 1 unspecified atom stereocenters. The standard InChI is InChI=1S/C28H38N2O3/c1-4-25(28(32)29-24-13-9-6-10-14-24)30(18-17-23-11-7-5-8-12-23)27(31)20-33-26-16-15-21(2)19-22(26)3/h5,7-8,11-12,15-16,19,24-25H,4,6,9-10,13-14,17-18,20H2,1-3H3,(H,29,32). The van der Waals surface area contributed by atoms with Crippen molar-refractivity contribution in [3.8, 4) is 5.75 Å². The van der Waals surface area contributed by atoms with Gasteiger partial charge in [-0.1, -0.05) is 74.2 Å². The van der Waals surface area contributed by atoms with E-state index in [-0.39, 0.29) is 24.5 Å². The minimum Gasteiger partial charge on any atom is -0.483 e. The molecule has 5 heteroatoms. The third-order valence-electron chi connectivity index (χ3n) is 6.50. The second-order valence-electron chi connectivity index (χ2n) is 9.15. The van der Waals surface area contributed by atoms with Crippen LogP contribution in [0.4, 0.5) is 0 Å². The minimum atomic E-state index is -0.495. The summed E-state index contributed by atoms with van der Waals surface area (Å²) in [7, 11) is 0.